The van der Waals surface area contributed by atoms with Gasteiger partial charge in [-0.2, -0.15) is 13.2 Å². The van der Waals surface area contributed by atoms with Gasteiger partial charge >= 0.3 is 12.1 Å². The van der Waals surface area contributed by atoms with E-state index < -0.39 is 23.3 Å². The smallest absolute Gasteiger partial charge is 0.432 e. The summed E-state index contributed by atoms with van der Waals surface area (Å²) in [4.78, 5) is 11.3. The highest BCUT2D eigenvalue weighted by atomic mass is 19.4. The lowest BCUT2D eigenvalue weighted by Crippen LogP contribution is -2.50. The zero-order chi connectivity index (χ0) is 14.0. The summed E-state index contributed by atoms with van der Waals surface area (Å²) in [7, 11) is 0. The van der Waals surface area contributed by atoms with E-state index in [9.17, 15) is 23.1 Å². The minimum absolute atomic E-state index is 0.285. The van der Waals surface area contributed by atoms with Gasteiger partial charge in [0, 0.05) is 5.56 Å². The molecular formula is C11H11F3O4. The van der Waals surface area contributed by atoms with Crippen molar-refractivity contribution >= 4 is 5.97 Å². The summed E-state index contributed by atoms with van der Waals surface area (Å²) < 4.78 is 42.8. The summed E-state index contributed by atoms with van der Waals surface area (Å²) in [6.45, 7) is 1.03. The van der Waals surface area contributed by atoms with Gasteiger partial charge in [0.2, 0.25) is 0 Å². The number of halogens is 3. The summed E-state index contributed by atoms with van der Waals surface area (Å²) in [6.07, 6.45) is -5.23. The second kappa shape index (κ2) is 4.85. The maximum atomic E-state index is 12.9. The summed E-state index contributed by atoms with van der Waals surface area (Å²) in [6, 6.07) is 3.48. The Morgan fingerprint density at radius 1 is 1.28 bits per heavy atom. The van der Waals surface area contributed by atoms with Crippen molar-refractivity contribution in [2.45, 2.75) is 18.7 Å². The number of carbonyl (C=O) groups excluding carboxylic acids is 1. The molecule has 0 heterocycles. The van der Waals surface area contributed by atoms with E-state index >= 15 is 0 Å². The lowest BCUT2D eigenvalue weighted by Gasteiger charge is -2.28. The van der Waals surface area contributed by atoms with Crippen LogP contribution in [0.15, 0.2) is 24.3 Å². The summed E-state index contributed by atoms with van der Waals surface area (Å²) in [5, 5.41) is 18.6. The van der Waals surface area contributed by atoms with E-state index in [2.05, 4.69) is 4.74 Å². The SMILES string of the molecule is CCOC(=O)[C@@](O)(c1ccc(O)cc1)C(F)(F)F. The van der Waals surface area contributed by atoms with Crippen molar-refractivity contribution in [3.63, 3.8) is 0 Å². The highest BCUT2D eigenvalue weighted by Crippen LogP contribution is 2.40. The average Bonchev–Trinajstić information content (AvgIpc) is 2.27. The van der Waals surface area contributed by atoms with E-state index in [-0.39, 0.29) is 12.4 Å². The molecule has 1 aromatic carbocycles. The first-order valence-corrected chi connectivity index (χ1v) is 4.99. The number of aliphatic hydroxyl groups is 1. The maximum Gasteiger partial charge on any atom is 0.432 e. The van der Waals surface area contributed by atoms with Gasteiger partial charge < -0.3 is 14.9 Å². The van der Waals surface area contributed by atoms with Crippen molar-refractivity contribution < 1.29 is 32.9 Å². The number of hydrogen-bond acceptors (Lipinski definition) is 4. The van der Waals surface area contributed by atoms with E-state index in [0.29, 0.717) is 0 Å². The van der Waals surface area contributed by atoms with E-state index in [1.54, 1.807) is 0 Å². The molecule has 0 amide bonds. The minimum Gasteiger partial charge on any atom is -0.508 e. The molecule has 0 saturated heterocycles. The van der Waals surface area contributed by atoms with Crippen LogP contribution in [0.3, 0.4) is 0 Å². The minimum atomic E-state index is -5.23. The molecule has 7 heteroatoms. The number of benzene rings is 1. The fourth-order valence-electron chi connectivity index (χ4n) is 1.34. The molecule has 0 spiro atoms. The second-order valence-corrected chi connectivity index (χ2v) is 3.48. The third-order valence-corrected chi connectivity index (χ3v) is 2.27. The van der Waals surface area contributed by atoms with Gasteiger partial charge in [0.25, 0.3) is 5.60 Å². The Morgan fingerprint density at radius 3 is 2.17 bits per heavy atom. The predicted octanol–water partition coefficient (Wildman–Crippen LogP) is 1.71. The van der Waals surface area contributed by atoms with E-state index in [1.165, 1.54) is 6.92 Å². The first kappa shape index (κ1) is 14.3. The molecule has 1 rings (SSSR count). The van der Waals surface area contributed by atoms with Gasteiger partial charge in [-0.3, -0.25) is 0 Å². The highest BCUT2D eigenvalue weighted by molar-refractivity contribution is 5.82. The van der Waals surface area contributed by atoms with Gasteiger partial charge in [0.1, 0.15) is 5.75 Å². The van der Waals surface area contributed by atoms with Crippen LogP contribution in [0.5, 0.6) is 5.75 Å². The fourth-order valence-corrected chi connectivity index (χ4v) is 1.34. The first-order valence-electron chi connectivity index (χ1n) is 4.99. The highest BCUT2D eigenvalue weighted by Gasteiger charge is 2.62. The van der Waals surface area contributed by atoms with Crippen molar-refractivity contribution in [2.24, 2.45) is 0 Å². The molecule has 0 radical (unpaired) electrons. The molecule has 0 aliphatic carbocycles. The lowest BCUT2D eigenvalue weighted by molar-refractivity contribution is -0.267. The second-order valence-electron chi connectivity index (χ2n) is 3.48. The zero-order valence-electron chi connectivity index (χ0n) is 9.36. The zero-order valence-corrected chi connectivity index (χ0v) is 9.36. The topological polar surface area (TPSA) is 66.8 Å². The summed E-state index contributed by atoms with van der Waals surface area (Å²) >= 11 is 0. The largest absolute Gasteiger partial charge is 0.508 e. The van der Waals surface area contributed by atoms with Crippen LogP contribution in [0.25, 0.3) is 0 Å². The van der Waals surface area contributed by atoms with Gasteiger partial charge in [-0.1, -0.05) is 12.1 Å². The number of aromatic hydroxyl groups is 1. The number of rotatable bonds is 3. The Hall–Kier alpha value is -1.76. The lowest BCUT2D eigenvalue weighted by atomic mass is 9.93. The molecule has 0 bridgehead atoms. The van der Waals surface area contributed by atoms with Crippen LogP contribution in [-0.4, -0.2) is 29.0 Å². The van der Waals surface area contributed by atoms with Crippen molar-refractivity contribution in [2.75, 3.05) is 6.61 Å². The van der Waals surface area contributed by atoms with Crippen LogP contribution in [0.1, 0.15) is 12.5 Å². The number of hydrogen-bond donors (Lipinski definition) is 2. The summed E-state index contributed by atoms with van der Waals surface area (Å²) in [5.74, 6) is -2.09. The maximum absolute atomic E-state index is 12.9. The van der Waals surface area contributed by atoms with Crippen molar-refractivity contribution in [3.05, 3.63) is 29.8 Å². The molecule has 100 valence electrons. The molecule has 0 saturated carbocycles. The molecule has 4 nitrogen and oxygen atoms in total. The molecule has 0 unspecified atom stereocenters. The van der Waals surface area contributed by atoms with Gasteiger partial charge in [-0.05, 0) is 19.1 Å². The van der Waals surface area contributed by atoms with Gasteiger partial charge in [0.05, 0.1) is 6.61 Å². The predicted molar refractivity (Wildman–Crippen MR) is 54.7 cm³/mol. The molecule has 0 fully saturated rings. The molecule has 0 aromatic heterocycles. The molecule has 1 aromatic rings. The van der Waals surface area contributed by atoms with Crippen LogP contribution < -0.4 is 0 Å². The van der Waals surface area contributed by atoms with Crippen LogP contribution in [-0.2, 0) is 15.1 Å². The quantitative estimate of drug-likeness (QED) is 0.815. The van der Waals surface area contributed by atoms with Crippen LogP contribution >= 0.6 is 0 Å². The Kier molecular flexibility index (Phi) is 3.85. The Labute approximate surface area is 101 Å². The van der Waals surface area contributed by atoms with Crippen LogP contribution in [0, 0.1) is 0 Å². The molecule has 2 N–H and O–H groups in total. The fraction of sp³-hybridized carbons (Fsp3) is 0.364. The van der Waals surface area contributed by atoms with Crippen molar-refractivity contribution in [1.82, 2.24) is 0 Å². The van der Waals surface area contributed by atoms with Crippen LogP contribution in [0.4, 0.5) is 13.2 Å². The third-order valence-electron chi connectivity index (χ3n) is 2.27. The Bertz CT molecular complexity index is 427. The molecule has 0 aliphatic rings. The third kappa shape index (κ3) is 2.40. The first-order chi connectivity index (χ1) is 8.23. The number of phenols is 1. The molecular weight excluding hydrogens is 253 g/mol. The normalized spacial score (nSPS) is 14.9. The van der Waals surface area contributed by atoms with Gasteiger partial charge in [0.15, 0.2) is 0 Å². The Morgan fingerprint density at radius 2 is 1.78 bits per heavy atom. The molecule has 0 aliphatic heterocycles. The summed E-state index contributed by atoms with van der Waals surface area (Å²) in [5.41, 5.74) is -4.46. The molecule has 18 heavy (non-hydrogen) atoms. The monoisotopic (exact) mass is 264 g/mol. The standard InChI is InChI=1S/C11H11F3O4/c1-2-18-9(16)10(17,11(12,13)14)7-3-5-8(15)6-4-7/h3-6,15,17H,2H2,1H3/t10-/m0/s1. The Balaban J connectivity index is 3.29. The van der Waals surface area contributed by atoms with Crippen LogP contribution in [0.2, 0.25) is 0 Å². The number of ether oxygens (including phenoxy) is 1. The van der Waals surface area contributed by atoms with E-state index in [4.69, 9.17) is 5.11 Å². The molecule has 1 atom stereocenters. The number of alkyl halides is 3. The van der Waals surface area contributed by atoms with Crippen molar-refractivity contribution in [1.29, 1.82) is 0 Å². The number of phenolic OH excluding ortho intramolecular Hbond substituents is 1. The van der Waals surface area contributed by atoms with Gasteiger partial charge in [-0.25, -0.2) is 4.79 Å². The van der Waals surface area contributed by atoms with E-state index in [1.807, 2.05) is 0 Å². The van der Waals surface area contributed by atoms with Gasteiger partial charge in [-0.15, -0.1) is 0 Å². The van der Waals surface area contributed by atoms with Crippen molar-refractivity contribution in [3.8, 4) is 5.75 Å². The van der Waals surface area contributed by atoms with E-state index in [0.717, 1.165) is 24.3 Å². The number of carbonyl (C=O) groups is 1. The average molecular weight is 264 g/mol. The number of esters is 1.